The fraction of sp³-hybridized carbons (Fsp3) is 0.200. The van der Waals surface area contributed by atoms with Crippen LogP contribution >= 0.6 is 0 Å². The molecule has 0 bridgehead atoms. The number of hydrogen-bond acceptors (Lipinski definition) is 2. The lowest BCUT2D eigenvalue weighted by Crippen LogP contribution is -2.09. The number of carbonyl (C=O) groups is 1. The highest BCUT2D eigenvalue weighted by molar-refractivity contribution is 5.95. The summed E-state index contributed by atoms with van der Waals surface area (Å²) in [6, 6.07) is 3.62. The van der Waals surface area contributed by atoms with E-state index < -0.39 is 0 Å². The molecule has 0 aliphatic rings. The van der Waals surface area contributed by atoms with E-state index in [4.69, 9.17) is 0 Å². The Kier molecular flexibility index (Phi) is 2.18. The van der Waals surface area contributed by atoms with Gasteiger partial charge in [0.1, 0.15) is 6.54 Å². The first-order valence-electron chi connectivity index (χ1n) is 4.38. The predicted molar refractivity (Wildman–Crippen MR) is 52.0 cm³/mol. The summed E-state index contributed by atoms with van der Waals surface area (Å²) in [5, 5.41) is 3.98. The lowest BCUT2D eigenvalue weighted by Gasteiger charge is -1.98. The quantitative estimate of drug-likeness (QED) is 0.678. The van der Waals surface area contributed by atoms with E-state index in [-0.39, 0.29) is 5.78 Å². The van der Waals surface area contributed by atoms with E-state index in [1.807, 2.05) is 30.1 Å². The summed E-state index contributed by atoms with van der Waals surface area (Å²) in [5.74, 6) is 0.0781. The first-order chi connectivity index (χ1) is 6.75. The fourth-order valence-corrected chi connectivity index (χ4v) is 1.30. The van der Waals surface area contributed by atoms with Crippen molar-refractivity contribution in [3.05, 3.63) is 42.5 Å². The average Bonchev–Trinajstić information content (AvgIpc) is 2.75. The lowest BCUT2D eigenvalue weighted by atomic mass is 10.2. The first kappa shape index (κ1) is 8.74. The van der Waals surface area contributed by atoms with Crippen molar-refractivity contribution in [2.75, 3.05) is 0 Å². The van der Waals surface area contributed by atoms with Crippen LogP contribution in [0.15, 0.2) is 36.9 Å². The van der Waals surface area contributed by atoms with Gasteiger partial charge in [-0.25, -0.2) is 0 Å². The molecular weight excluding hydrogens is 178 g/mol. The summed E-state index contributed by atoms with van der Waals surface area (Å²) in [7, 11) is 1.89. The Hall–Kier alpha value is -1.84. The third-order valence-electron chi connectivity index (χ3n) is 2.02. The van der Waals surface area contributed by atoms with Crippen molar-refractivity contribution in [3.63, 3.8) is 0 Å². The number of hydrogen-bond donors (Lipinski definition) is 0. The van der Waals surface area contributed by atoms with E-state index in [0.29, 0.717) is 6.54 Å². The van der Waals surface area contributed by atoms with Crippen LogP contribution in [-0.4, -0.2) is 20.1 Å². The number of nitrogens with zero attached hydrogens (tertiary/aromatic N) is 3. The zero-order valence-corrected chi connectivity index (χ0v) is 7.92. The topological polar surface area (TPSA) is 39.8 Å². The summed E-state index contributed by atoms with van der Waals surface area (Å²) in [6.07, 6.45) is 7.11. The molecule has 2 aromatic heterocycles. The molecule has 0 radical (unpaired) electrons. The molecule has 0 aromatic carbocycles. The van der Waals surface area contributed by atoms with Gasteiger partial charge in [-0.15, -0.1) is 0 Å². The summed E-state index contributed by atoms with van der Waals surface area (Å²) in [5.41, 5.74) is 0.725. The number of rotatable bonds is 3. The zero-order chi connectivity index (χ0) is 9.97. The second-order valence-electron chi connectivity index (χ2n) is 3.19. The molecule has 0 atom stereocenters. The van der Waals surface area contributed by atoms with Gasteiger partial charge in [-0.1, -0.05) is 0 Å². The molecular formula is C10H11N3O. The zero-order valence-electron chi connectivity index (χ0n) is 7.92. The van der Waals surface area contributed by atoms with Crippen molar-refractivity contribution in [2.45, 2.75) is 6.54 Å². The molecule has 2 heterocycles. The van der Waals surface area contributed by atoms with Gasteiger partial charge in [-0.2, -0.15) is 5.10 Å². The van der Waals surface area contributed by atoms with Crippen LogP contribution in [0.4, 0.5) is 0 Å². The number of carbonyl (C=O) groups excluding carboxylic acids is 1. The van der Waals surface area contributed by atoms with Gasteiger partial charge in [0, 0.05) is 37.4 Å². The van der Waals surface area contributed by atoms with Gasteiger partial charge in [0.25, 0.3) is 0 Å². The Labute approximate surface area is 81.8 Å². The molecule has 0 unspecified atom stereocenters. The Morgan fingerprint density at radius 1 is 1.50 bits per heavy atom. The molecule has 4 heteroatoms. The molecule has 0 aliphatic carbocycles. The normalized spacial score (nSPS) is 10.4. The number of ketones is 1. The molecule has 0 spiro atoms. The third-order valence-corrected chi connectivity index (χ3v) is 2.02. The molecule has 0 saturated carbocycles. The van der Waals surface area contributed by atoms with Crippen LogP contribution < -0.4 is 0 Å². The van der Waals surface area contributed by atoms with E-state index in [1.54, 1.807) is 23.1 Å². The van der Waals surface area contributed by atoms with Crippen LogP contribution in [0.25, 0.3) is 0 Å². The van der Waals surface area contributed by atoms with E-state index in [9.17, 15) is 4.79 Å². The SMILES string of the molecule is Cn1ccc(C(=O)Cn2cccn2)c1. The van der Waals surface area contributed by atoms with Crippen LogP contribution in [0.3, 0.4) is 0 Å². The molecule has 72 valence electrons. The lowest BCUT2D eigenvalue weighted by molar-refractivity contribution is 0.0967. The van der Waals surface area contributed by atoms with Crippen molar-refractivity contribution in [1.82, 2.24) is 14.3 Å². The third kappa shape index (κ3) is 1.74. The Balaban J connectivity index is 2.10. The van der Waals surface area contributed by atoms with Crippen LogP contribution in [0, 0.1) is 0 Å². The van der Waals surface area contributed by atoms with E-state index in [0.717, 1.165) is 5.56 Å². The molecule has 0 saturated heterocycles. The van der Waals surface area contributed by atoms with Gasteiger partial charge in [0.05, 0.1) is 0 Å². The van der Waals surface area contributed by atoms with Gasteiger partial charge < -0.3 is 4.57 Å². The van der Waals surface area contributed by atoms with E-state index >= 15 is 0 Å². The van der Waals surface area contributed by atoms with Gasteiger partial charge in [-0.05, 0) is 12.1 Å². The van der Waals surface area contributed by atoms with Gasteiger partial charge in [-0.3, -0.25) is 9.48 Å². The van der Waals surface area contributed by atoms with Crippen molar-refractivity contribution in [1.29, 1.82) is 0 Å². The maximum Gasteiger partial charge on any atom is 0.185 e. The van der Waals surface area contributed by atoms with E-state index in [1.165, 1.54) is 0 Å². The molecule has 2 aromatic rings. The van der Waals surface area contributed by atoms with Crippen molar-refractivity contribution in [3.8, 4) is 0 Å². The van der Waals surface area contributed by atoms with Crippen molar-refractivity contribution < 1.29 is 4.79 Å². The Morgan fingerprint density at radius 3 is 2.93 bits per heavy atom. The van der Waals surface area contributed by atoms with E-state index in [2.05, 4.69) is 5.10 Å². The summed E-state index contributed by atoms with van der Waals surface area (Å²) >= 11 is 0. The minimum Gasteiger partial charge on any atom is -0.357 e. The fourth-order valence-electron chi connectivity index (χ4n) is 1.30. The monoisotopic (exact) mass is 189 g/mol. The minimum atomic E-state index is 0.0781. The molecule has 2 rings (SSSR count). The number of aryl methyl sites for hydroxylation is 1. The molecule has 0 fully saturated rings. The molecule has 4 nitrogen and oxygen atoms in total. The van der Waals surface area contributed by atoms with Gasteiger partial charge in [0.2, 0.25) is 0 Å². The Bertz CT molecular complexity index is 428. The highest BCUT2D eigenvalue weighted by Crippen LogP contribution is 2.02. The molecule has 0 aliphatic heterocycles. The van der Waals surface area contributed by atoms with Crippen LogP contribution in [0.5, 0.6) is 0 Å². The van der Waals surface area contributed by atoms with Crippen LogP contribution in [-0.2, 0) is 13.6 Å². The standard InChI is InChI=1S/C10H11N3O/c1-12-6-3-9(7-12)10(14)8-13-5-2-4-11-13/h2-7H,8H2,1H3. The molecule has 0 amide bonds. The average molecular weight is 189 g/mol. The Morgan fingerprint density at radius 2 is 2.36 bits per heavy atom. The highest BCUT2D eigenvalue weighted by atomic mass is 16.1. The molecule has 0 N–H and O–H groups in total. The van der Waals surface area contributed by atoms with Crippen LogP contribution in [0.1, 0.15) is 10.4 Å². The largest absolute Gasteiger partial charge is 0.357 e. The maximum atomic E-state index is 11.7. The van der Waals surface area contributed by atoms with Crippen LogP contribution in [0.2, 0.25) is 0 Å². The number of Topliss-reactive ketones (excluding diaryl/α,β-unsaturated/α-hetero) is 1. The smallest absolute Gasteiger partial charge is 0.185 e. The summed E-state index contributed by atoms with van der Waals surface area (Å²) < 4.78 is 3.48. The second-order valence-corrected chi connectivity index (χ2v) is 3.19. The first-order valence-corrected chi connectivity index (χ1v) is 4.38. The highest BCUT2D eigenvalue weighted by Gasteiger charge is 2.07. The molecule has 14 heavy (non-hydrogen) atoms. The van der Waals surface area contributed by atoms with Gasteiger partial charge >= 0.3 is 0 Å². The predicted octanol–water partition coefficient (Wildman–Crippen LogP) is 1.10. The second kappa shape index (κ2) is 3.49. The summed E-state index contributed by atoms with van der Waals surface area (Å²) in [6.45, 7) is 0.303. The summed E-state index contributed by atoms with van der Waals surface area (Å²) in [4.78, 5) is 11.7. The number of aromatic nitrogens is 3. The minimum absolute atomic E-state index is 0.0781. The van der Waals surface area contributed by atoms with Crippen molar-refractivity contribution in [2.24, 2.45) is 7.05 Å². The van der Waals surface area contributed by atoms with Gasteiger partial charge in [0.15, 0.2) is 5.78 Å². The maximum absolute atomic E-state index is 11.7. The van der Waals surface area contributed by atoms with Crippen molar-refractivity contribution >= 4 is 5.78 Å².